The number of hydrogen-bond donors (Lipinski definition) is 0. The van der Waals surface area contributed by atoms with Crippen molar-refractivity contribution >= 4 is 34.2 Å². The number of aromatic nitrogens is 1. The second-order valence-corrected chi connectivity index (χ2v) is 8.56. The Hall–Kier alpha value is -2.12. The first kappa shape index (κ1) is 20.2. The lowest BCUT2D eigenvalue weighted by Crippen LogP contribution is -2.45. The summed E-state index contributed by atoms with van der Waals surface area (Å²) >= 11 is 0. The fraction of sp³-hybridized carbons (Fsp3) is 0.400. The number of rotatable bonds is 3. The van der Waals surface area contributed by atoms with Crippen molar-refractivity contribution in [2.24, 2.45) is 0 Å². The third-order valence-electron chi connectivity index (χ3n) is 6.04. The number of hydrogen-bond acceptors (Lipinski definition) is 4. The SMILES string of the molecule is [B]C1([B])c2ncccc2C(=O)N1Cc1ccc(B2OC(C)(C)C(C)(C)O2)cc1F. The number of fused-ring (bicyclic) bond motifs is 1. The van der Waals surface area contributed by atoms with Crippen LogP contribution in [-0.4, -0.2) is 49.8 Å². The van der Waals surface area contributed by atoms with Crippen LogP contribution in [0.25, 0.3) is 0 Å². The average Bonchev–Trinajstić information content (AvgIpc) is 2.97. The number of nitrogens with zero attached hydrogens (tertiary/aromatic N) is 2. The van der Waals surface area contributed by atoms with Crippen molar-refractivity contribution in [1.82, 2.24) is 9.88 Å². The molecule has 0 spiro atoms. The Bertz CT molecular complexity index is 981. The molecule has 4 rings (SSSR count). The molecule has 0 bridgehead atoms. The molecule has 0 atom stereocenters. The monoisotopic (exact) mass is 388 g/mol. The molecule has 0 N–H and O–H groups in total. The van der Waals surface area contributed by atoms with E-state index in [-0.39, 0.29) is 23.7 Å². The fourth-order valence-electron chi connectivity index (χ4n) is 3.53. The van der Waals surface area contributed by atoms with Crippen molar-refractivity contribution in [1.29, 1.82) is 0 Å². The lowest BCUT2D eigenvalue weighted by Gasteiger charge is -2.33. The molecule has 5 nitrogen and oxygen atoms in total. The smallest absolute Gasteiger partial charge is 0.399 e. The van der Waals surface area contributed by atoms with Crippen molar-refractivity contribution < 1.29 is 18.5 Å². The van der Waals surface area contributed by atoms with Gasteiger partial charge in [0.1, 0.15) is 5.82 Å². The minimum Gasteiger partial charge on any atom is -0.399 e. The standard InChI is InChI=1S/C20H20B3FN2O3/c1-18(2)19(3,4)29-23(28-18)13-8-7-12(15(24)10-13)11-26-17(27)14-6-5-9-25-16(14)20(26,21)22/h5-10H,11H2,1-4H3. The van der Waals surface area contributed by atoms with E-state index in [4.69, 9.17) is 25.0 Å². The van der Waals surface area contributed by atoms with E-state index in [0.717, 1.165) is 0 Å². The predicted molar refractivity (Wildman–Crippen MR) is 109 cm³/mol. The zero-order chi connectivity index (χ0) is 21.2. The van der Waals surface area contributed by atoms with Gasteiger partial charge in [0.2, 0.25) is 0 Å². The Balaban J connectivity index is 1.58. The summed E-state index contributed by atoms with van der Waals surface area (Å²) in [6, 6.07) is 7.92. The Morgan fingerprint density at radius 2 is 1.79 bits per heavy atom. The van der Waals surface area contributed by atoms with E-state index in [2.05, 4.69) is 4.98 Å². The molecule has 1 fully saturated rings. The molecule has 3 heterocycles. The van der Waals surface area contributed by atoms with Crippen LogP contribution in [0.3, 0.4) is 0 Å². The maximum Gasteiger partial charge on any atom is 0.494 e. The Labute approximate surface area is 172 Å². The maximum atomic E-state index is 14.9. The topological polar surface area (TPSA) is 51.7 Å². The van der Waals surface area contributed by atoms with Gasteiger partial charge in [0.05, 0.1) is 38.2 Å². The van der Waals surface area contributed by atoms with E-state index >= 15 is 0 Å². The molecule has 2 aliphatic rings. The molecular weight excluding hydrogens is 368 g/mol. The third kappa shape index (κ3) is 3.11. The van der Waals surface area contributed by atoms with Gasteiger partial charge in [-0.1, -0.05) is 12.1 Å². The number of pyridine rings is 1. The van der Waals surface area contributed by atoms with E-state index in [0.29, 0.717) is 11.0 Å². The van der Waals surface area contributed by atoms with E-state index in [9.17, 15) is 9.18 Å². The van der Waals surface area contributed by atoms with Crippen LogP contribution in [0.5, 0.6) is 0 Å². The van der Waals surface area contributed by atoms with Gasteiger partial charge in [-0.3, -0.25) is 9.78 Å². The molecular formula is C20H20B3FN2O3. The zero-order valence-electron chi connectivity index (χ0n) is 16.9. The summed E-state index contributed by atoms with van der Waals surface area (Å²) in [4.78, 5) is 18.1. The first-order chi connectivity index (χ1) is 13.4. The van der Waals surface area contributed by atoms with Gasteiger partial charge in [-0.05, 0) is 51.4 Å². The van der Waals surface area contributed by atoms with Gasteiger partial charge in [0.15, 0.2) is 0 Å². The van der Waals surface area contributed by atoms with Gasteiger partial charge in [0, 0.05) is 23.6 Å². The highest BCUT2D eigenvalue weighted by molar-refractivity contribution is 6.62. The Morgan fingerprint density at radius 3 is 2.38 bits per heavy atom. The second kappa shape index (κ2) is 6.44. The molecule has 1 aromatic heterocycles. The van der Waals surface area contributed by atoms with Gasteiger partial charge in [-0.2, -0.15) is 0 Å². The largest absolute Gasteiger partial charge is 0.494 e. The third-order valence-corrected chi connectivity index (χ3v) is 6.04. The maximum absolute atomic E-state index is 14.9. The molecule has 0 aliphatic carbocycles. The van der Waals surface area contributed by atoms with Crippen LogP contribution in [-0.2, 0) is 21.2 Å². The van der Waals surface area contributed by atoms with Gasteiger partial charge in [-0.15, -0.1) is 0 Å². The highest BCUT2D eigenvalue weighted by Crippen LogP contribution is 2.37. The lowest BCUT2D eigenvalue weighted by molar-refractivity contribution is 0.00578. The molecule has 2 aliphatic heterocycles. The molecule has 1 amide bonds. The highest BCUT2D eigenvalue weighted by Gasteiger charge is 2.52. The van der Waals surface area contributed by atoms with Crippen LogP contribution in [0, 0.1) is 5.82 Å². The van der Waals surface area contributed by atoms with Crippen LogP contribution in [0.4, 0.5) is 4.39 Å². The number of carbonyl (C=O) groups excluding carboxylic acids is 1. The first-order valence-corrected chi connectivity index (χ1v) is 9.43. The van der Waals surface area contributed by atoms with Gasteiger partial charge in [-0.25, -0.2) is 4.39 Å². The molecule has 2 aromatic rings. The summed E-state index contributed by atoms with van der Waals surface area (Å²) in [6.07, 6.45) is 1.52. The van der Waals surface area contributed by atoms with Gasteiger partial charge in [0.25, 0.3) is 5.91 Å². The van der Waals surface area contributed by atoms with E-state index in [1.165, 1.54) is 17.2 Å². The lowest BCUT2D eigenvalue weighted by atomic mass is 9.59. The molecule has 9 heteroatoms. The Kier molecular flexibility index (Phi) is 4.48. The number of halogens is 1. The molecule has 1 saturated heterocycles. The summed E-state index contributed by atoms with van der Waals surface area (Å²) in [5.74, 6) is -0.878. The highest BCUT2D eigenvalue weighted by atomic mass is 19.1. The molecule has 0 unspecified atom stereocenters. The summed E-state index contributed by atoms with van der Waals surface area (Å²) in [7, 11) is 11.7. The average molecular weight is 388 g/mol. The van der Waals surface area contributed by atoms with E-state index in [1.807, 2.05) is 27.7 Å². The molecule has 1 aromatic carbocycles. The van der Waals surface area contributed by atoms with E-state index in [1.54, 1.807) is 24.3 Å². The molecule has 0 saturated carbocycles. The summed E-state index contributed by atoms with van der Waals surface area (Å²) in [5.41, 5.74) is 0.408. The molecule has 144 valence electrons. The molecule has 4 radical (unpaired) electrons. The summed E-state index contributed by atoms with van der Waals surface area (Å²) < 4.78 is 26.8. The van der Waals surface area contributed by atoms with Crippen molar-refractivity contribution in [2.45, 2.75) is 50.8 Å². The minimum atomic E-state index is -1.61. The van der Waals surface area contributed by atoms with Gasteiger partial charge < -0.3 is 14.2 Å². The molecule has 29 heavy (non-hydrogen) atoms. The van der Waals surface area contributed by atoms with Crippen LogP contribution in [0.2, 0.25) is 0 Å². The van der Waals surface area contributed by atoms with Crippen molar-refractivity contribution in [3.8, 4) is 0 Å². The fourth-order valence-corrected chi connectivity index (χ4v) is 3.53. The van der Waals surface area contributed by atoms with Crippen molar-refractivity contribution in [3.63, 3.8) is 0 Å². The van der Waals surface area contributed by atoms with E-state index < -0.39 is 29.5 Å². The van der Waals surface area contributed by atoms with Crippen molar-refractivity contribution in [3.05, 3.63) is 59.2 Å². The van der Waals surface area contributed by atoms with Crippen LogP contribution in [0.1, 0.15) is 49.3 Å². The first-order valence-electron chi connectivity index (χ1n) is 9.43. The second-order valence-electron chi connectivity index (χ2n) is 8.56. The van der Waals surface area contributed by atoms with Crippen molar-refractivity contribution in [2.75, 3.05) is 0 Å². The van der Waals surface area contributed by atoms with Crippen LogP contribution >= 0.6 is 0 Å². The number of amides is 1. The number of benzene rings is 1. The quantitative estimate of drug-likeness (QED) is 0.751. The summed E-state index contributed by atoms with van der Waals surface area (Å²) in [6.45, 7) is 7.65. The normalized spacial score (nSPS) is 21.5. The van der Waals surface area contributed by atoms with Crippen LogP contribution in [0.15, 0.2) is 36.5 Å². The number of carbonyl (C=O) groups is 1. The van der Waals surface area contributed by atoms with Gasteiger partial charge >= 0.3 is 7.12 Å². The Morgan fingerprint density at radius 1 is 1.14 bits per heavy atom. The zero-order valence-corrected chi connectivity index (χ0v) is 16.9. The minimum absolute atomic E-state index is 0.0856. The van der Waals surface area contributed by atoms with Crippen LogP contribution < -0.4 is 5.46 Å². The predicted octanol–water partition coefficient (Wildman–Crippen LogP) is 1.62. The summed E-state index contributed by atoms with van der Waals surface area (Å²) in [5, 5.41) is -1.61.